The van der Waals surface area contributed by atoms with Crippen molar-refractivity contribution in [2.45, 2.75) is 6.42 Å². The summed E-state index contributed by atoms with van der Waals surface area (Å²) in [4.78, 5) is 31.1. The molecule has 1 aromatic carbocycles. The Labute approximate surface area is 133 Å². The second-order valence-electron chi connectivity index (χ2n) is 4.78. The molecule has 4 N–H and O–H groups in total. The van der Waals surface area contributed by atoms with Gasteiger partial charge in [0.1, 0.15) is 11.4 Å². The van der Waals surface area contributed by atoms with Crippen LogP contribution in [0.2, 0.25) is 0 Å². The molecule has 0 unspecified atom stereocenters. The van der Waals surface area contributed by atoms with Crippen molar-refractivity contribution < 1.29 is 19.2 Å². The molecule has 1 heterocycles. The summed E-state index contributed by atoms with van der Waals surface area (Å²) in [6.07, 6.45) is 0.479. The van der Waals surface area contributed by atoms with E-state index in [2.05, 4.69) is 25.9 Å². The number of carbonyl (C=O) groups is 2. The van der Waals surface area contributed by atoms with Gasteiger partial charge in [0.2, 0.25) is 0 Å². The van der Waals surface area contributed by atoms with Crippen molar-refractivity contribution in [1.29, 1.82) is 0 Å². The number of aromatic nitrogens is 1. The number of rotatable bonds is 6. The van der Waals surface area contributed by atoms with Gasteiger partial charge < -0.3 is 20.4 Å². The zero-order valence-corrected chi connectivity index (χ0v) is 13.3. The van der Waals surface area contributed by atoms with Crippen LogP contribution >= 0.6 is 0 Å². The number of nitrogens with one attached hydrogen (secondary N) is 4. The molecule has 0 aliphatic heterocycles. The number of hydroxylamine groups is 1. The number of hydrogen-bond acceptors (Lipinski definition) is 4. The van der Waals surface area contributed by atoms with Gasteiger partial charge in [-0.1, -0.05) is 0 Å². The average Bonchev–Trinajstić information content (AvgIpc) is 2.92. The van der Waals surface area contributed by atoms with Crippen LogP contribution in [0.25, 0.3) is 10.9 Å². The molecule has 0 saturated heterocycles. The Kier molecular flexibility index (Phi) is 5.42. The first-order valence-corrected chi connectivity index (χ1v) is 7.08. The van der Waals surface area contributed by atoms with Crippen molar-refractivity contribution in [2.75, 3.05) is 27.8 Å². The van der Waals surface area contributed by atoms with Crippen molar-refractivity contribution in [3.05, 3.63) is 29.5 Å². The lowest BCUT2D eigenvalue weighted by Gasteiger charge is -2.07. The van der Waals surface area contributed by atoms with E-state index >= 15 is 0 Å². The molecule has 124 valence electrons. The van der Waals surface area contributed by atoms with Crippen LogP contribution in [0.15, 0.2) is 18.2 Å². The Balaban J connectivity index is 2.29. The Hall–Kier alpha value is -2.74. The van der Waals surface area contributed by atoms with Crippen LogP contribution in [0.5, 0.6) is 5.75 Å². The number of aromatic amines is 1. The lowest BCUT2D eigenvalue weighted by Crippen LogP contribution is -2.36. The third kappa shape index (κ3) is 3.72. The van der Waals surface area contributed by atoms with Crippen LogP contribution in [0, 0.1) is 0 Å². The predicted molar refractivity (Wildman–Crippen MR) is 85.5 cm³/mol. The average molecular weight is 320 g/mol. The minimum Gasteiger partial charge on any atom is -0.497 e. The van der Waals surface area contributed by atoms with E-state index in [1.54, 1.807) is 14.2 Å². The Bertz CT molecular complexity index is 711. The number of methoxy groups -OCH3 is 1. The highest BCUT2D eigenvalue weighted by Gasteiger charge is 2.17. The van der Waals surface area contributed by atoms with E-state index < -0.39 is 6.03 Å². The first-order valence-electron chi connectivity index (χ1n) is 7.08. The lowest BCUT2D eigenvalue weighted by atomic mass is 10.1. The van der Waals surface area contributed by atoms with Crippen LogP contribution < -0.4 is 20.9 Å². The van der Waals surface area contributed by atoms with Crippen molar-refractivity contribution in [3.63, 3.8) is 0 Å². The zero-order chi connectivity index (χ0) is 16.8. The molecule has 0 radical (unpaired) electrons. The number of fused-ring (bicyclic) bond motifs is 1. The molecule has 8 heteroatoms. The summed E-state index contributed by atoms with van der Waals surface area (Å²) < 4.78 is 5.24. The Morgan fingerprint density at radius 3 is 2.70 bits per heavy atom. The van der Waals surface area contributed by atoms with Gasteiger partial charge >= 0.3 is 6.03 Å². The van der Waals surface area contributed by atoms with Gasteiger partial charge in [0.15, 0.2) is 0 Å². The molecule has 0 fully saturated rings. The SMILES string of the molecule is CNC(=O)c1[nH]c2ccc(OC)cc2c1CCNC(=O)NOC. The molecule has 8 nitrogen and oxygen atoms in total. The highest BCUT2D eigenvalue weighted by molar-refractivity contribution is 6.01. The van der Waals surface area contributed by atoms with Crippen LogP contribution in [0.3, 0.4) is 0 Å². The van der Waals surface area contributed by atoms with Gasteiger partial charge in [-0.3, -0.25) is 9.63 Å². The monoisotopic (exact) mass is 320 g/mol. The summed E-state index contributed by atoms with van der Waals surface area (Å²) in [5, 5.41) is 6.14. The molecule has 0 bridgehead atoms. The minimum atomic E-state index is -0.439. The standard InChI is InChI=1S/C15H20N4O4/c1-16-14(20)13-10(6-7-17-15(21)19-23-3)11-8-9(22-2)4-5-12(11)18-13/h4-5,8,18H,6-7H2,1-3H3,(H,16,20)(H2,17,19,21). The summed E-state index contributed by atoms with van der Waals surface area (Å²) >= 11 is 0. The minimum absolute atomic E-state index is 0.212. The smallest absolute Gasteiger partial charge is 0.338 e. The molecule has 0 saturated carbocycles. The van der Waals surface area contributed by atoms with Gasteiger partial charge in [0.25, 0.3) is 5.91 Å². The topological polar surface area (TPSA) is 104 Å². The van der Waals surface area contributed by atoms with Crippen LogP contribution in [0.4, 0.5) is 4.79 Å². The van der Waals surface area contributed by atoms with Crippen molar-refractivity contribution in [2.24, 2.45) is 0 Å². The van der Waals surface area contributed by atoms with E-state index in [0.717, 1.165) is 16.5 Å². The zero-order valence-electron chi connectivity index (χ0n) is 13.3. The van der Waals surface area contributed by atoms with Gasteiger partial charge in [-0.05, 0) is 30.2 Å². The molecule has 0 aliphatic carbocycles. The summed E-state index contributed by atoms with van der Waals surface area (Å²) in [7, 11) is 4.52. The lowest BCUT2D eigenvalue weighted by molar-refractivity contribution is 0.0958. The van der Waals surface area contributed by atoms with Gasteiger partial charge in [-0.25, -0.2) is 10.3 Å². The molecule has 0 spiro atoms. The van der Waals surface area contributed by atoms with Gasteiger partial charge in [0.05, 0.1) is 14.2 Å². The summed E-state index contributed by atoms with van der Waals surface area (Å²) in [5.41, 5.74) is 4.30. The summed E-state index contributed by atoms with van der Waals surface area (Å²) in [6.45, 7) is 0.351. The maximum Gasteiger partial charge on any atom is 0.338 e. The van der Waals surface area contributed by atoms with E-state index in [1.807, 2.05) is 18.2 Å². The number of ether oxygens (including phenoxy) is 1. The van der Waals surface area contributed by atoms with Crippen molar-refractivity contribution >= 4 is 22.8 Å². The first-order chi connectivity index (χ1) is 11.1. The third-order valence-corrected chi connectivity index (χ3v) is 3.42. The van der Waals surface area contributed by atoms with Gasteiger partial charge in [-0.15, -0.1) is 0 Å². The third-order valence-electron chi connectivity index (χ3n) is 3.42. The summed E-state index contributed by atoms with van der Waals surface area (Å²) in [5.74, 6) is 0.489. The maximum atomic E-state index is 12.1. The van der Waals surface area contributed by atoms with Crippen LogP contribution in [-0.4, -0.2) is 44.7 Å². The maximum absolute atomic E-state index is 12.1. The van der Waals surface area contributed by atoms with Crippen molar-refractivity contribution in [1.82, 2.24) is 21.1 Å². The number of H-pyrrole nitrogens is 1. The van der Waals surface area contributed by atoms with E-state index in [9.17, 15) is 9.59 Å². The largest absolute Gasteiger partial charge is 0.497 e. The highest BCUT2D eigenvalue weighted by atomic mass is 16.6. The Morgan fingerprint density at radius 2 is 2.04 bits per heavy atom. The number of hydrogen-bond donors (Lipinski definition) is 4. The van der Waals surface area contributed by atoms with Gasteiger partial charge in [-0.2, -0.15) is 0 Å². The van der Waals surface area contributed by atoms with E-state index in [0.29, 0.717) is 24.4 Å². The second-order valence-corrected chi connectivity index (χ2v) is 4.78. The predicted octanol–water partition coefficient (Wildman–Crippen LogP) is 0.939. The van der Waals surface area contributed by atoms with E-state index in [4.69, 9.17) is 4.74 Å². The second kappa shape index (κ2) is 7.50. The van der Waals surface area contributed by atoms with Crippen LogP contribution in [0.1, 0.15) is 16.1 Å². The van der Waals surface area contributed by atoms with Gasteiger partial charge in [0, 0.05) is 24.5 Å². The number of carbonyl (C=O) groups excluding carboxylic acids is 2. The van der Waals surface area contributed by atoms with E-state index in [1.165, 1.54) is 7.11 Å². The number of amides is 3. The Morgan fingerprint density at radius 1 is 1.26 bits per heavy atom. The molecule has 3 amide bonds. The fraction of sp³-hybridized carbons (Fsp3) is 0.333. The normalized spacial score (nSPS) is 10.4. The molecule has 0 aliphatic rings. The molecular weight excluding hydrogens is 300 g/mol. The number of urea groups is 1. The summed E-state index contributed by atoms with van der Waals surface area (Å²) in [6, 6.07) is 5.10. The first kappa shape index (κ1) is 16.6. The van der Waals surface area contributed by atoms with E-state index in [-0.39, 0.29) is 5.91 Å². The molecular formula is C15H20N4O4. The molecule has 0 atom stereocenters. The molecule has 2 rings (SSSR count). The quantitative estimate of drug-likeness (QED) is 0.595. The fourth-order valence-corrected chi connectivity index (χ4v) is 2.36. The molecule has 2 aromatic rings. The molecule has 23 heavy (non-hydrogen) atoms. The van der Waals surface area contributed by atoms with Crippen LogP contribution in [-0.2, 0) is 11.3 Å². The number of benzene rings is 1. The van der Waals surface area contributed by atoms with Crippen molar-refractivity contribution in [3.8, 4) is 5.75 Å². The highest BCUT2D eigenvalue weighted by Crippen LogP contribution is 2.27. The molecule has 1 aromatic heterocycles. The fourth-order valence-electron chi connectivity index (χ4n) is 2.36.